The fraction of sp³-hybridized carbons (Fsp3) is 0.412. The molecule has 3 N–H and O–H groups in total. The van der Waals surface area contributed by atoms with Crippen LogP contribution >= 0.6 is 0 Å². The first kappa shape index (κ1) is 17.1. The Kier molecular flexibility index (Phi) is 5.39. The Morgan fingerprint density at radius 3 is 2.60 bits per heavy atom. The first-order valence-electron chi connectivity index (χ1n) is 8.40. The molecule has 132 valence electrons. The Bertz CT molecular complexity index is 707. The van der Waals surface area contributed by atoms with Gasteiger partial charge in [0.15, 0.2) is 0 Å². The predicted octanol–water partition coefficient (Wildman–Crippen LogP) is 1.56. The summed E-state index contributed by atoms with van der Waals surface area (Å²) in [7, 11) is 0. The highest BCUT2D eigenvalue weighted by atomic mass is 16.2. The van der Waals surface area contributed by atoms with Gasteiger partial charge in [0, 0.05) is 23.8 Å². The van der Waals surface area contributed by atoms with Crippen LogP contribution in [-0.4, -0.2) is 39.2 Å². The molecule has 1 aromatic carbocycles. The highest BCUT2D eigenvalue weighted by Crippen LogP contribution is 2.16. The molecule has 1 saturated heterocycles. The molecule has 1 aromatic heterocycles. The van der Waals surface area contributed by atoms with E-state index in [4.69, 9.17) is 0 Å². The number of amides is 2. The van der Waals surface area contributed by atoms with Crippen LogP contribution in [0.25, 0.3) is 0 Å². The lowest BCUT2D eigenvalue weighted by Crippen LogP contribution is -2.27. The van der Waals surface area contributed by atoms with Crippen LogP contribution in [0.2, 0.25) is 0 Å². The molecule has 1 aliphatic rings. The number of carbonyl (C=O) groups excluding carboxylic acids is 2. The number of benzene rings is 1. The van der Waals surface area contributed by atoms with Crippen molar-refractivity contribution in [2.75, 3.05) is 17.2 Å². The van der Waals surface area contributed by atoms with Gasteiger partial charge in [0.1, 0.15) is 18.7 Å². The molecule has 2 aromatic rings. The molecule has 1 fully saturated rings. The Labute approximate surface area is 146 Å². The Balaban J connectivity index is 1.51. The average molecular weight is 342 g/mol. The number of nitrogens with zero attached hydrogens (tertiary/aromatic N) is 3. The van der Waals surface area contributed by atoms with Crippen molar-refractivity contribution in [3.05, 3.63) is 36.9 Å². The monoisotopic (exact) mass is 342 g/mol. The van der Waals surface area contributed by atoms with Gasteiger partial charge in [-0.3, -0.25) is 9.59 Å². The number of anilines is 2. The molecule has 1 aliphatic heterocycles. The van der Waals surface area contributed by atoms with Crippen LogP contribution in [0.15, 0.2) is 36.9 Å². The van der Waals surface area contributed by atoms with E-state index >= 15 is 0 Å². The summed E-state index contributed by atoms with van der Waals surface area (Å²) in [5.41, 5.74) is 1.37. The molecule has 8 heteroatoms. The first-order valence-corrected chi connectivity index (χ1v) is 8.40. The summed E-state index contributed by atoms with van der Waals surface area (Å²) in [5, 5.41) is 13.0. The molecule has 2 atom stereocenters. The maximum absolute atomic E-state index is 12.2. The highest BCUT2D eigenvalue weighted by molar-refractivity contribution is 5.94. The van der Waals surface area contributed by atoms with Gasteiger partial charge < -0.3 is 16.0 Å². The minimum absolute atomic E-state index is 0.00371. The van der Waals surface area contributed by atoms with Gasteiger partial charge in [0.2, 0.25) is 11.8 Å². The fourth-order valence-electron chi connectivity index (χ4n) is 2.79. The van der Waals surface area contributed by atoms with Crippen molar-refractivity contribution in [1.82, 2.24) is 20.1 Å². The summed E-state index contributed by atoms with van der Waals surface area (Å²) in [6.07, 6.45) is 5.54. The maximum Gasteiger partial charge on any atom is 0.249 e. The Morgan fingerprint density at radius 2 is 2.00 bits per heavy atom. The molecule has 2 unspecified atom stereocenters. The number of aromatic nitrogens is 3. The van der Waals surface area contributed by atoms with Crippen molar-refractivity contribution in [2.45, 2.75) is 38.3 Å². The van der Waals surface area contributed by atoms with Crippen molar-refractivity contribution in [3.63, 3.8) is 0 Å². The summed E-state index contributed by atoms with van der Waals surface area (Å²) in [6, 6.07) is 6.88. The van der Waals surface area contributed by atoms with Crippen LogP contribution in [0.4, 0.5) is 11.4 Å². The van der Waals surface area contributed by atoms with Crippen molar-refractivity contribution in [1.29, 1.82) is 0 Å². The fourth-order valence-corrected chi connectivity index (χ4v) is 2.79. The lowest BCUT2D eigenvalue weighted by molar-refractivity contribution is -0.119. The third kappa shape index (κ3) is 4.63. The smallest absolute Gasteiger partial charge is 0.249 e. The van der Waals surface area contributed by atoms with Gasteiger partial charge in [-0.2, -0.15) is 5.10 Å². The molecule has 2 amide bonds. The van der Waals surface area contributed by atoms with Gasteiger partial charge in [0.05, 0.1) is 0 Å². The van der Waals surface area contributed by atoms with Crippen LogP contribution in [-0.2, 0) is 9.59 Å². The van der Waals surface area contributed by atoms with Crippen molar-refractivity contribution in [3.8, 4) is 0 Å². The molecule has 3 rings (SSSR count). The molecule has 8 nitrogen and oxygen atoms in total. The quantitative estimate of drug-likeness (QED) is 0.739. The van der Waals surface area contributed by atoms with Crippen LogP contribution in [0.3, 0.4) is 0 Å². The summed E-state index contributed by atoms with van der Waals surface area (Å²) in [4.78, 5) is 28.0. The zero-order valence-electron chi connectivity index (χ0n) is 14.1. The Hall–Kier alpha value is -2.74. The van der Waals surface area contributed by atoms with Crippen molar-refractivity contribution < 1.29 is 9.59 Å². The molecule has 0 bridgehead atoms. The van der Waals surface area contributed by atoms with Crippen molar-refractivity contribution in [2.24, 2.45) is 0 Å². The second-order valence-electron chi connectivity index (χ2n) is 6.16. The van der Waals surface area contributed by atoms with E-state index < -0.39 is 6.04 Å². The number of carbonyl (C=O) groups is 2. The largest absolute Gasteiger partial charge is 0.326 e. The lowest BCUT2D eigenvalue weighted by Gasteiger charge is -2.13. The maximum atomic E-state index is 12.2. The van der Waals surface area contributed by atoms with Gasteiger partial charge >= 0.3 is 0 Å². The second kappa shape index (κ2) is 7.89. The average Bonchev–Trinajstić information content (AvgIpc) is 3.29. The van der Waals surface area contributed by atoms with Gasteiger partial charge in [-0.25, -0.2) is 9.67 Å². The van der Waals surface area contributed by atoms with Crippen LogP contribution in [0.5, 0.6) is 0 Å². The van der Waals surface area contributed by atoms with E-state index in [9.17, 15) is 9.59 Å². The molecule has 25 heavy (non-hydrogen) atoms. The zero-order chi connectivity index (χ0) is 17.6. The first-order chi connectivity index (χ1) is 12.1. The molecule has 2 heterocycles. The molecule has 0 aliphatic carbocycles. The van der Waals surface area contributed by atoms with Gasteiger partial charge in [-0.1, -0.05) is 0 Å². The second-order valence-corrected chi connectivity index (χ2v) is 6.16. The van der Waals surface area contributed by atoms with Crippen molar-refractivity contribution >= 4 is 23.2 Å². The molecular formula is C17H22N6O2. The summed E-state index contributed by atoms with van der Waals surface area (Å²) in [6.45, 7) is 2.73. The lowest BCUT2D eigenvalue weighted by atomic mass is 10.1. The molecule has 0 spiro atoms. The summed E-state index contributed by atoms with van der Waals surface area (Å²) >= 11 is 0. The topological polar surface area (TPSA) is 101 Å². The summed E-state index contributed by atoms with van der Waals surface area (Å²) < 4.78 is 1.49. The molecular weight excluding hydrogens is 320 g/mol. The number of hydrogen-bond acceptors (Lipinski definition) is 5. The SMILES string of the molecule is CC(C(=O)Nc1ccc(NC(=O)CC2CCCN2)cc1)n1cncn1. The van der Waals surface area contributed by atoms with E-state index in [2.05, 4.69) is 26.0 Å². The van der Waals surface area contributed by atoms with E-state index in [1.807, 2.05) is 0 Å². The van der Waals surface area contributed by atoms with E-state index in [0.29, 0.717) is 17.8 Å². The summed E-state index contributed by atoms with van der Waals surface area (Å²) in [5.74, 6) is -0.189. The minimum Gasteiger partial charge on any atom is -0.326 e. The highest BCUT2D eigenvalue weighted by Gasteiger charge is 2.18. The van der Waals surface area contributed by atoms with E-state index in [1.54, 1.807) is 31.2 Å². The third-order valence-corrected chi connectivity index (χ3v) is 4.24. The molecule has 0 radical (unpaired) electrons. The predicted molar refractivity (Wildman–Crippen MR) is 94.1 cm³/mol. The normalized spacial score (nSPS) is 17.9. The number of hydrogen-bond donors (Lipinski definition) is 3. The van der Waals surface area contributed by atoms with Crippen LogP contribution < -0.4 is 16.0 Å². The zero-order valence-corrected chi connectivity index (χ0v) is 14.1. The van der Waals surface area contributed by atoms with Crippen LogP contribution in [0, 0.1) is 0 Å². The minimum atomic E-state index is -0.458. The van der Waals surface area contributed by atoms with Gasteiger partial charge in [0.25, 0.3) is 0 Å². The number of nitrogens with one attached hydrogen (secondary N) is 3. The molecule has 0 saturated carbocycles. The van der Waals surface area contributed by atoms with Crippen LogP contribution in [0.1, 0.15) is 32.2 Å². The van der Waals surface area contributed by atoms with Gasteiger partial charge in [-0.05, 0) is 50.6 Å². The van der Waals surface area contributed by atoms with E-state index in [1.165, 1.54) is 17.3 Å². The Morgan fingerprint density at radius 1 is 1.28 bits per heavy atom. The third-order valence-electron chi connectivity index (χ3n) is 4.24. The number of rotatable bonds is 6. The van der Waals surface area contributed by atoms with E-state index in [0.717, 1.165) is 19.4 Å². The standard InChI is InChI=1S/C17H22N6O2/c1-12(23-11-18-10-20-23)17(25)22-14-6-4-13(5-7-14)21-16(24)9-15-3-2-8-19-15/h4-7,10-12,15,19H,2-3,8-9H2,1H3,(H,21,24)(H,22,25). The van der Waals surface area contributed by atoms with E-state index in [-0.39, 0.29) is 17.9 Å². The van der Waals surface area contributed by atoms with Gasteiger partial charge in [-0.15, -0.1) is 0 Å².